The Hall–Kier alpha value is -0.870. The van der Waals surface area contributed by atoms with Crippen molar-refractivity contribution in [2.75, 3.05) is 33.7 Å². The van der Waals surface area contributed by atoms with Gasteiger partial charge in [-0.2, -0.15) is 0 Å². The van der Waals surface area contributed by atoms with Crippen LogP contribution in [-0.4, -0.2) is 44.1 Å². The molecule has 4 heteroatoms. The summed E-state index contributed by atoms with van der Waals surface area (Å²) in [6.07, 6.45) is 25.0. The van der Waals surface area contributed by atoms with Gasteiger partial charge in [-0.3, -0.25) is 4.79 Å². The average Bonchev–Trinajstić information content (AvgIpc) is 2.70. The highest BCUT2D eigenvalue weighted by atomic mass is 79.9. The van der Waals surface area contributed by atoms with E-state index in [9.17, 15) is 4.79 Å². The molecule has 0 aliphatic heterocycles. The molecule has 0 aromatic rings. The lowest BCUT2D eigenvalue weighted by molar-refractivity contribution is -0.890. The molecule has 0 unspecified atom stereocenters. The molecular weight excluding hydrogens is 448 g/mol. The lowest BCUT2D eigenvalue weighted by Crippen LogP contribution is -3.00. The van der Waals surface area contributed by atoms with Crippen molar-refractivity contribution in [3.63, 3.8) is 0 Å². The molecule has 0 saturated carbocycles. The number of hydrogen-bond donors (Lipinski definition) is 1. The summed E-state index contributed by atoms with van der Waals surface area (Å²) in [7, 11) is 4.61. The van der Waals surface area contributed by atoms with Gasteiger partial charge in [-0.1, -0.05) is 89.2 Å². The maximum absolute atomic E-state index is 11.5. The van der Waals surface area contributed by atoms with Crippen molar-refractivity contribution in [3.8, 4) is 0 Å². The number of quaternary nitrogens is 1. The fourth-order valence-electron chi connectivity index (χ4n) is 3.73. The number of hydrogen-bond acceptors (Lipinski definition) is 1. The minimum atomic E-state index is -0.0205. The fraction of sp³-hybridized carbons (Fsp3) is 0.741. The number of halogens is 1. The van der Waals surface area contributed by atoms with Crippen LogP contribution < -0.4 is 22.3 Å². The van der Waals surface area contributed by atoms with Crippen molar-refractivity contribution in [2.24, 2.45) is 0 Å². The van der Waals surface area contributed by atoms with Gasteiger partial charge in [-0.15, -0.1) is 0 Å². The lowest BCUT2D eigenvalue weighted by Gasteiger charge is -2.30. The van der Waals surface area contributed by atoms with E-state index in [-0.39, 0.29) is 22.9 Å². The van der Waals surface area contributed by atoms with Crippen molar-refractivity contribution in [3.05, 3.63) is 37.0 Å². The second-order valence-electron chi connectivity index (χ2n) is 9.47. The molecule has 0 spiro atoms. The van der Waals surface area contributed by atoms with Gasteiger partial charge in [0.2, 0.25) is 5.91 Å². The summed E-state index contributed by atoms with van der Waals surface area (Å²) < 4.78 is 1.05. The molecule has 0 fully saturated rings. The maximum Gasteiger partial charge on any atom is 0.246 e. The molecule has 1 amide bonds. The minimum absolute atomic E-state index is 0. The van der Waals surface area contributed by atoms with E-state index in [4.69, 9.17) is 0 Å². The number of nitrogens with one attached hydrogen (secondary N) is 1. The Kier molecular flexibility index (Phi) is 23.3. The van der Waals surface area contributed by atoms with E-state index in [0.717, 1.165) is 24.0 Å². The van der Waals surface area contributed by atoms with E-state index in [0.29, 0.717) is 5.57 Å². The van der Waals surface area contributed by atoms with Crippen molar-refractivity contribution >= 4 is 5.91 Å². The average molecular weight is 500 g/mol. The third-order valence-corrected chi connectivity index (χ3v) is 5.77. The Morgan fingerprint density at radius 2 is 1.26 bits per heavy atom. The van der Waals surface area contributed by atoms with Gasteiger partial charge in [0, 0.05) is 18.5 Å². The quantitative estimate of drug-likeness (QED) is 0.110. The first kappa shape index (κ1) is 32.3. The molecule has 31 heavy (non-hydrogen) atoms. The molecule has 3 nitrogen and oxygen atoms in total. The van der Waals surface area contributed by atoms with Gasteiger partial charge in [0.25, 0.3) is 0 Å². The van der Waals surface area contributed by atoms with Crippen LogP contribution in [-0.2, 0) is 4.79 Å². The first-order valence-electron chi connectivity index (χ1n) is 12.4. The highest BCUT2D eigenvalue weighted by Crippen LogP contribution is 2.13. The molecule has 0 radical (unpaired) electrons. The molecule has 0 saturated heterocycles. The van der Waals surface area contributed by atoms with Crippen molar-refractivity contribution < 1.29 is 26.3 Å². The van der Waals surface area contributed by atoms with E-state index in [1.165, 1.54) is 90.0 Å². The standard InChI is InChI=1S/C27H50N2O.BrH/c1-6-7-8-9-10-11-12-13-14-15-16-17-18-19-20-21-24-29(4,5)25-22-23-28-27(30)26(2)3;/h6-8H,1-2,9-25H2,3-5H3;1H/b8-7+;. The van der Waals surface area contributed by atoms with Gasteiger partial charge in [0.15, 0.2) is 0 Å². The van der Waals surface area contributed by atoms with E-state index < -0.39 is 0 Å². The number of unbranched alkanes of at least 4 members (excludes halogenated alkanes) is 12. The summed E-state index contributed by atoms with van der Waals surface area (Å²) in [6, 6.07) is 0. The summed E-state index contributed by atoms with van der Waals surface area (Å²) in [4.78, 5) is 11.5. The number of amides is 1. The summed E-state index contributed by atoms with van der Waals surface area (Å²) >= 11 is 0. The largest absolute Gasteiger partial charge is 1.00 e. The van der Waals surface area contributed by atoms with E-state index >= 15 is 0 Å². The van der Waals surface area contributed by atoms with Gasteiger partial charge in [-0.25, -0.2) is 0 Å². The van der Waals surface area contributed by atoms with Crippen molar-refractivity contribution in [1.82, 2.24) is 5.32 Å². The monoisotopic (exact) mass is 498 g/mol. The fourth-order valence-corrected chi connectivity index (χ4v) is 3.73. The number of allylic oxidation sites excluding steroid dienone is 3. The first-order chi connectivity index (χ1) is 14.4. The topological polar surface area (TPSA) is 29.1 Å². The van der Waals surface area contributed by atoms with E-state index in [2.05, 4.69) is 44.7 Å². The molecule has 0 atom stereocenters. The third-order valence-electron chi connectivity index (χ3n) is 5.77. The zero-order valence-electron chi connectivity index (χ0n) is 20.9. The van der Waals surface area contributed by atoms with Gasteiger partial charge < -0.3 is 26.8 Å². The van der Waals surface area contributed by atoms with Crippen LogP contribution in [0.25, 0.3) is 0 Å². The van der Waals surface area contributed by atoms with Gasteiger partial charge in [-0.05, 0) is 32.6 Å². The molecule has 0 aliphatic carbocycles. The molecule has 0 aliphatic rings. The number of carbonyl (C=O) groups is 1. The van der Waals surface area contributed by atoms with Crippen LogP contribution >= 0.6 is 0 Å². The Morgan fingerprint density at radius 1 is 0.806 bits per heavy atom. The normalized spacial score (nSPS) is 11.3. The molecular formula is C27H51BrN2O. The molecule has 0 bridgehead atoms. The maximum atomic E-state index is 11.5. The Labute approximate surface area is 204 Å². The smallest absolute Gasteiger partial charge is 0.246 e. The Bertz CT molecular complexity index is 486. The SMILES string of the molecule is C=C/C=C/CCCCCCCCCCCCCC[N+](C)(C)CCCNC(=O)C(=C)C.[Br-]. The molecule has 0 aromatic heterocycles. The van der Waals surface area contributed by atoms with Crippen LogP contribution in [0.4, 0.5) is 0 Å². The zero-order valence-corrected chi connectivity index (χ0v) is 22.5. The first-order valence-corrected chi connectivity index (χ1v) is 12.4. The van der Waals surface area contributed by atoms with Crippen molar-refractivity contribution in [2.45, 2.75) is 96.8 Å². The van der Waals surface area contributed by atoms with Gasteiger partial charge >= 0.3 is 0 Å². The van der Waals surface area contributed by atoms with Crippen LogP contribution in [0.1, 0.15) is 96.8 Å². The predicted octanol–water partition coefficient (Wildman–Crippen LogP) is 3.96. The number of nitrogens with zero attached hydrogens (tertiary/aromatic N) is 1. The minimum Gasteiger partial charge on any atom is -1.00 e. The van der Waals surface area contributed by atoms with Crippen LogP contribution in [0.5, 0.6) is 0 Å². The van der Waals surface area contributed by atoms with E-state index in [1.54, 1.807) is 6.92 Å². The van der Waals surface area contributed by atoms with Crippen LogP contribution in [0.3, 0.4) is 0 Å². The van der Waals surface area contributed by atoms with Crippen molar-refractivity contribution in [1.29, 1.82) is 0 Å². The second kappa shape index (κ2) is 22.3. The highest BCUT2D eigenvalue weighted by Gasteiger charge is 2.14. The summed E-state index contributed by atoms with van der Waals surface area (Å²) in [5, 5.41) is 2.92. The van der Waals surface area contributed by atoms with Gasteiger partial charge in [0.1, 0.15) is 0 Å². The third kappa shape index (κ3) is 23.6. The van der Waals surface area contributed by atoms with Crippen LogP contribution in [0.15, 0.2) is 37.0 Å². The predicted molar refractivity (Wildman–Crippen MR) is 134 cm³/mol. The van der Waals surface area contributed by atoms with E-state index in [1.807, 2.05) is 6.08 Å². The summed E-state index contributed by atoms with van der Waals surface area (Å²) in [5.74, 6) is -0.0205. The second-order valence-corrected chi connectivity index (χ2v) is 9.47. The Morgan fingerprint density at radius 3 is 1.74 bits per heavy atom. The molecule has 1 N–H and O–H groups in total. The number of carbonyl (C=O) groups excluding carboxylic acids is 1. The molecule has 182 valence electrons. The van der Waals surface area contributed by atoms with Crippen LogP contribution in [0.2, 0.25) is 0 Å². The van der Waals surface area contributed by atoms with Gasteiger partial charge in [0.05, 0.1) is 27.2 Å². The number of rotatable bonds is 21. The molecule has 0 rings (SSSR count). The van der Waals surface area contributed by atoms with Crippen LogP contribution in [0, 0.1) is 0 Å². The molecule has 0 heterocycles. The lowest BCUT2D eigenvalue weighted by atomic mass is 10.0. The summed E-state index contributed by atoms with van der Waals surface area (Å²) in [6.45, 7) is 12.2. The zero-order chi connectivity index (χ0) is 22.5. The Balaban J connectivity index is 0. The molecule has 0 aromatic carbocycles. The summed E-state index contributed by atoms with van der Waals surface area (Å²) in [5.41, 5.74) is 0.590. The highest BCUT2D eigenvalue weighted by molar-refractivity contribution is 5.91.